The Labute approximate surface area is 128 Å². The first-order valence-electron chi connectivity index (χ1n) is 7.50. The van der Waals surface area contributed by atoms with Crippen LogP contribution in [0.1, 0.15) is 26.2 Å². The molecular weight excluding hydrogens is 282 g/mol. The number of hydrogen-bond donors (Lipinski definition) is 0. The fraction of sp³-hybridized carbons (Fsp3) is 0.467. The van der Waals surface area contributed by atoms with Crippen molar-refractivity contribution in [3.63, 3.8) is 0 Å². The molecule has 0 saturated carbocycles. The van der Waals surface area contributed by atoms with Crippen LogP contribution in [0.4, 0.5) is 0 Å². The first kappa shape index (κ1) is 14.5. The van der Waals surface area contributed by atoms with E-state index < -0.39 is 0 Å². The maximum atomic E-state index is 12.3. The molecule has 0 bridgehead atoms. The van der Waals surface area contributed by atoms with Crippen LogP contribution in [-0.4, -0.2) is 50.2 Å². The average Bonchev–Trinajstić information content (AvgIpc) is 3.08. The van der Waals surface area contributed by atoms with Crippen LogP contribution in [0.3, 0.4) is 0 Å². The number of carbonyl (C=O) groups is 1. The molecular formula is C15H19N5O2. The third-order valence-electron chi connectivity index (χ3n) is 3.92. The van der Waals surface area contributed by atoms with Gasteiger partial charge in [0.2, 0.25) is 0 Å². The Kier molecular flexibility index (Phi) is 4.32. The van der Waals surface area contributed by atoms with Gasteiger partial charge in [0.05, 0.1) is 5.69 Å². The Morgan fingerprint density at radius 1 is 1.41 bits per heavy atom. The molecule has 1 aromatic heterocycles. The molecule has 0 aliphatic carbocycles. The maximum absolute atomic E-state index is 12.3. The summed E-state index contributed by atoms with van der Waals surface area (Å²) in [6.45, 7) is 2.98. The highest BCUT2D eigenvalue weighted by Crippen LogP contribution is 2.18. The highest BCUT2D eigenvalue weighted by molar-refractivity contribution is 5.78. The van der Waals surface area contributed by atoms with E-state index in [1.54, 1.807) is 4.68 Å². The van der Waals surface area contributed by atoms with Gasteiger partial charge in [-0.3, -0.25) is 4.79 Å². The van der Waals surface area contributed by atoms with Crippen molar-refractivity contribution in [2.75, 3.05) is 13.2 Å². The average molecular weight is 301 g/mol. The van der Waals surface area contributed by atoms with E-state index in [0.29, 0.717) is 11.8 Å². The van der Waals surface area contributed by atoms with E-state index in [2.05, 4.69) is 22.4 Å². The Bertz CT molecular complexity index is 629. The summed E-state index contributed by atoms with van der Waals surface area (Å²) in [4.78, 5) is 14.2. The van der Waals surface area contributed by atoms with Crippen molar-refractivity contribution >= 4 is 5.91 Å². The van der Waals surface area contributed by atoms with Crippen LogP contribution < -0.4 is 4.74 Å². The molecule has 1 aliphatic rings. The SMILES string of the molecule is C[C@H]1CCCCN1C(=O)COc1cccc(-n2cnnn2)c1. The van der Waals surface area contributed by atoms with Gasteiger partial charge in [0, 0.05) is 18.7 Å². The number of likely N-dealkylation sites (tertiary alicyclic amines) is 1. The standard InChI is InChI=1S/C15H19N5O2/c1-12-5-2-3-8-19(12)15(21)10-22-14-7-4-6-13(9-14)20-11-16-17-18-20/h4,6-7,9,11-12H,2-3,5,8,10H2,1H3/t12-/m0/s1. The number of nitrogens with zero attached hydrogens (tertiary/aromatic N) is 5. The monoisotopic (exact) mass is 301 g/mol. The second kappa shape index (κ2) is 6.55. The molecule has 1 aromatic carbocycles. The van der Waals surface area contributed by atoms with Crippen molar-refractivity contribution in [3.05, 3.63) is 30.6 Å². The number of rotatable bonds is 4. The van der Waals surface area contributed by atoms with Crippen LogP contribution in [0.2, 0.25) is 0 Å². The summed E-state index contributed by atoms with van der Waals surface area (Å²) >= 11 is 0. The highest BCUT2D eigenvalue weighted by atomic mass is 16.5. The number of aromatic nitrogens is 4. The van der Waals surface area contributed by atoms with E-state index in [9.17, 15) is 4.79 Å². The number of amides is 1. The summed E-state index contributed by atoms with van der Waals surface area (Å²) in [6.07, 6.45) is 4.85. The molecule has 1 saturated heterocycles. The molecule has 0 unspecified atom stereocenters. The summed E-state index contributed by atoms with van der Waals surface area (Å²) in [5, 5.41) is 11.0. The summed E-state index contributed by atoms with van der Waals surface area (Å²) in [7, 11) is 0. The molecule has 2 heterocycles. The number of piperidine rings is 1. The van der Waals surface area contributed by atoms with Crippen molar-refractivity contribution in [2.24, 2.45) is 0 Å². The van der Waals surface area contributed by atoms with Crippen LogP contribution in [0.25, 0.3) is 5.69 Å². The van der Waals surface area contributed by atoms with Gasteiger partial charge in [-0.15, -0.1) is 5.10 Å². The molecule has 1 atom stereocenters. The van der Waals surface area contributed by atoms with Crippen molar-refractivity contribution in [3.8, 4) is 11.4 Å². The Hall–Kier alpha value is -2.44. The largest absolute Gasteiger partial charge is 0.484 e. The van der Waals surface area contributed by atoms with Crippen LogP contribution in [0, 0.1) is 0 Å². The second-order valence-corrected chi connectivity index (χ2v) is 5.47. The van der Waals surface area contributed by atoms with Gasteiger partial charge in [-0.2, -0.15) is 0 Å². The van der Waals surface area contributed by atoms with Gasteiger partial charge in [0.25, 0.3) is 5.91 Å². The van der Waals surface area contributed by atoms with E-state index in [4.69, 9.17) is 4.74 Å². The molecule has 2 aromatic rings. The van der Waals surface area contributed by atoms with E-state index >= 15 is 0 Å². The third-order valence-corrected chi connectivity index (χ3v) is 3.92. The van der Waals surface area contributed by atoms with Crippen molar-refractivity contribution in [2.45, 2.75) is 32.2 Å². The zero-order chi connectivity index (χ0) is 15.4. The van der Waals surface area contributed by atoms with Gasteiger partial charge >= 0.3 is 0 Å². The summed E-state index contributed by atoms with van der Waals surface area (Å²) in [6, 6.07) is 7.65. The lowest BCUT2D eigenvalue weighted by molar-refractivity contribution is -0.136. The highest BCUT2D eigenvalue weighted by Gasteiger charge is 2.23. The Morgan fingerprint density at radius 2 is 2.32 bits per heavy atom. The smallest absolute Gasteiger partial charge is 0.260 e. The Morgan fingerprint density at radius 3 is 3.09 bits per heavy atom. The number of tetrazole rings is 1. The van der Waals surface area contributed by atoms with Gasteiger partial charge in [-0.25, -0.2) is 4.68 Å². The molecule has 3 rings (SSSR count). The van der Waals surface area contributed by atoms with E-state index in [1.807, 2.05) is 29.2 Å². The number of hydrogen-bond acceptors (Lipinski definition) is 5. The zero-order valence-corrected chi connectivity index (χ0v) is 12.6. The second-order valence-electron chi connectivity index (χ2n) is 5.47. The first-order chi connectivity index (χ1) is 10.7. The molecule has 1 fully saturated rings. The third kappa shape index (κ3) is 3.24. The molecule has 0 radical (unpaired) electrons. The van der Waals surface area contributed by atoms with Crippen LogP contribution in [0.5, 0.6) is 5.75 Å². The van der Waals surface area contributed by atoms with Gasteiger partial charge < -0.3 is 9.64 Å². The number of ether oxygens (including phenoxy) is 1. The lowest BCUT2D eigenvalue weighted by Crippen LogP contribution is -2.44. The quantitative estimate of drug-likeness (QED) is 0.854. The lowest BCUT2D eigenvalue weighted by Gasteiger charge is -2.33. The Balaban J connectivity index is 1.61. The van der Waals surface area contributed by atoms with Gasteiger partial charge in [-0.1, -0.05) is 6.07 Å². The normalized spacial score (nSPS) is 18.2. The number of benzene rings is 1. The molecule has 1 aliphatic heterocycles. The molecule has 0 N–H and O–H groups in total. The minimum Gasteiger partial charge on any atom is -0.484 e. The first-order valence-corrected chi connectivity index (χ1v) is 7.50. The van der Waals surface area contributed by atoms with Crippen LogP contribution in [0.15, 0.2) is 30.6 Å². The van der Waals surface area contributed by atoms with Gasteiger partial charge in [0.15, 0.2) is 6.61 Å². The minimum absolute atomic E-state index is 0.0417. The van der Waals surface area contributed by atoms with Crippen molar-refractivity contribution in [1.29, 1.82) is 0 Å². The summed E-state index contributed by atoms with van der Waals surface area (Å²) in [5.74, 6) is 0.672. The van der Waals surface area contributed by atoms with Crippen LogP contribution >= 0.6 is 0 Å². The van der Waals surface area contributed by atoms with Gasteiger partial charge in [0.1, 0.15) is 12.1 Å². The molecule has 7 heteroatoms. The molecule has 1 amide bonds. The number of carbonyl (C=O) groups excluding carboxylic acids is 1. The zero-order valence-electron chi connectivity index (χ0n) is 12.6. The fourth-order valence-electron chi connectivity index (χ4n) is 2.69. The van der Waals surface area contributed by atoms with Crippen LogP contribution in [-0.2, 0) is 4.79 Å². The predicted octanol–water partition coefficient (Wildman–Crippen LogP) is 1.44. The summed E-state index contributed by atoms with van der Waals surface area (Å²) in [5.41, 5.74) is 0.793. The maximum Gasteiger partial charge on any atom is 0.260 e. The molecule has 116 valence electrons. The fourth-order valence-corrected chi connectivity index (χ4v) is 2.69. The van der Waals surface area contributed by atoms with E-state index in [-0.39, 0.29) is 12.5 Å². The lowest BCUT2D eigenvalue weighted by atomic mass is 10.0. The van der Waals surface area contributed by atoms with E-state index in [1.165, 1.54) is 12.7 Å². The molecule has 22 heavy (non-hydrogen) atoms. The van der Waals surface area contributed by atoms with Crippen molar-refractivity contribution < 1.29 is 9.53 Å². The van der Waals surface area contributed by atoms with Gasteiger partial charge in [-0.05, 0) is 48.7 Å². The molecule has 7 nitrogen and oxygen atoms in total. The topological polar surface area (TPSA) is 73.1 Å². The minimum atomic E-state index is 0.0417. The summed E-state index contributed by atoms with van der Waals surface area (Å²) < 4.78 is 7.18. The molecule has 0 spiro atoms. The van der Waals surface area contributed by atoms with E-state index in [0.717, 1.165) is 25.1 Å². The predicted molar refractivity (Wildman–Crippen MR) is 79.7 cm³/mol. The van der Waals surface area contributed by atoms with Crippen molar-refractivity contribution in [1.82, 2.24) is 25.1 Å².